The summed E-state index contributed by atoms with van der Waals surface area (Å²) < 4.78 is 0. The molecule has 1 aromatic rings. The molecular formula is C10H15N3O. The molecular weight excluding hydrogens is 178 g/mol. The number of carbonyl (C=O) groups excluding carboxylic acids is 1. The van der Waals surface area contributed by atoms with Crippen molar-refractivity contribution in [2.75, 3.05) is 5.32 Å². The summed E-state index contributed by atoms with van der Waals surface area (Å²) in [7, 11) is 0. The van der Waals surface area contributed by atoms with Gasteiger partial charge in [0.05, 0.1) is 5.54 Å². The average Bonchev–Trinajstić information content (AvgIpc) is 2.02. The Morgan fingerprint density at radius 2 is 2.21 bits per heavy atom. The van der Waals surface area contributed by atoms with Crippen LogP contribution in [0.25, 0.3) is 0 Å². The zero-order chi connectivity index (χ0) is 10.8. The van der Waals surface area contributed by atoms with Crippen molar-refractivity contribution in [2.45, 2.75) is 26.3 Å². The van der Waals surface area contributed by atoms with Crippen molar-refractivity contribution in [2.24, 2.45) is 5.73 Å². The van der Waals surface area contributed by atoms with Gasteiger partial charge in [-0.15, -0.1) is 0 Å². The molecule has 0 unspecified atom stereocenters. The van der Waals surface area contributed by atoms with Crippen molar-refractivity contribution in [1.29, 1.82) is 0 Å². The van der Waals surface area contributed by atoms with E-state index >= 15 is 0 Å². The highest BCUT2D eigenvalue weighted by atomic mass is 16.2. The van der Waals surface area contributed by atoms with Gasteiger partial charge in [0.15, 0.2) is 0 Å². The molecule has 0 saturated heterocycles. The fourth-order valence-corrected chi connectivity index (χ4v) is 0.915. The molecule has 3 N–H and O–H groups in total. The van der Waals surface area contributed by atoms with Gasteiger partial charge in [0.1, 0.15) is 0 Å². The predicted molar refractivity (Wildman–Crippen MR) is 55.9 cm³/mol. The number of aryl methyl sites for hydroxylation is 1. The largest absolute Gasteiger partial charge is 0.324 e. The third kappa shape index (κ3) is 2.81. The van der Waals surface area contributed by atoms with Crippen LogP contribution in [-0.4, -0.2) is 16.4 Å². The molecule has 0 fully saturated rings. The molecule has 0 aromatic carbocycles. The van der Waals surface area contributed by atoms with Crippen molar-refractivity contribution in [3.05, 3.63) is 24.0 Å². The lowest BCUT2D eigenvalue weighted by Crippen LogP contribution is -2.45. The van der Waals surface area contributed by atoms with Gasteiger partial charge in [-0.1, -0.05) is 0 Å². The monoisotopic (exact) mass is 193 g/mol. The number of pyridine rings is 1. The molecule has 4 heteroatoms. The van der Waals surface area contributed by atoms with Gasteiger partial charge in [0.2, 0.25) is 5.91 Å². The number of hydrogen-bond acceptors (Lipinski definition) is 3. The third-order valence-electron chi connectivity index (χ3n) is 1.74. The van der Waals surface area contributed by atoms with Crippen LogP contribution in [0.2, 0.25) is 0 Å². The Hall–Kier alpha value is -1.42. The van der Waals surface area contributed by atoms with Crippen molar-refractivity contribution in [3.8, 4) is 0 Å². The Morgan fingerprint density at radius 1 is 1.57 bits per heavy atom. The molecule has 0 aliphatic heterocycles. The van der Waals surface area contributed by atoms with E-state index in [9.17, 15) is 4.79 Å². The van der Waals surface area contributed by atoms with E-state index in [2.05, 4.69) is 10.3 Å². The van der Waals surface area contributed by atoms with Crippen molar-refractivity contribution in [3.63, 3.8) is 0 Å². The third-order valence-corrected chi connectivity index (χ3v) is 1.74. The Labute approximate surface area is 83.5 Å². The van der Waals surface area contributed by atoms with Crippen LogP contribution in [0.4, 0.5) is 5.69 Å². The topological polar surface area (TPSA) is 68.0 Å². The zero-order valence-electron chi connectivity index (χ0n) is 8.66. The minimum atomic E-state index is -0.864. The molecule has 0 radical (unpaired) electrons. The molecule has 0 spiro atoms. The second-order valence-corrected chi connectivity index (χ2v) is 3.86. The van der Waals surface area contributed by atoms with Crippen molar-refractivity contribution < 1.29 is 4.79 Å². The van der Waals surface area contributed by atoms with E-state index in [-0.39, 0.29) is 5.91 Å². The van der Waals surface area contributed by atoms with E-state index < -0.39 is 5.54 Å². The van der Waals surface area contributed by atoms with E-state index in [1.54, 1.807) is 32.2 Å². The molecule has 0 saturated carbocycles. The van der Waals surface area contributed by atoms with Gasteiger partial charge in [-0.05, 0) is 32.9 Å². The van der Waals surface area contributed by atoms with E-state index in [4.69, 9.17) is 5.73 Å². The van der Waals surface area contributed by atoms with Gasteiger partial charge in [-0.3, -0.25) is 9.78 Å². The van der Waals surface area contributed by atoms with Gasteiger partial charge in [-0.25, -0.2) is 0 Å². The van der Waals surface area contributed by atoms with Crippen LogP contribution in [0.5, 0.6) is 0 Å². The van der Waals surface area contributed by atoms with Crippen molar-refractivity contribution in [1.82, 2.24) is 4.98 Å². The lowest BCUT2D eigenvalue weighted by Gasteiger charge is -2.17. The Kier molecular flexibility index (Phi) is 2.86. The van der Waals surface area contributed by atoms with Crippen LogP contribution in [0.1, 0.15) is 19.5 Å². The second-order valence-electron chi connectivity index (χ2n) is 3.86. The molecule has 1 heterocycles. The molecule has 1 amide bonds. The van der Waals surface area contributed by atoms with Crippen LogP contribution in [-0.2, 0) is 4.79 Å². The number of nitrogens with two attached hydrogens (primary N) is 1. The highest BCUT2D eigenvalue weighted by molar-refractivity contribution is 5.97. The minimum Gasteiger partial charge on any atom is -0.324 e. The molecule has 0 aliphatic carbocycles. The molecule has 4 nitrogen and oxygen atoms in total. The molecule has 1 aromatic heterocycles. The van der Waals surface area contributed by atoms with Gasteiger partial charge in [-0.2, -0.15) is 0 Å². The number of aromatic nitrogens is 1. The number of hydrogen-bond donors (Lipinski definition) is 2. The van der Waals surface area contributed by atoms with E-state index in [1.807, 2.05) is 6.92 Å². The lowest BCUT2D eigenvalue weighted by molar-refractivity contribution is -0.120. The van der Waals surface area contributed by atoms with Crippen LogP contribution in [0.15, 0.2) is 18.3 Å². The van der Waals surface area contributed by atoms with Gasteiger partial charge in [0.25, 0.3) is 0 Å². The summed E-state index contributed by atoms with van der Waals surface area (Å²) in [6, 6.07) is 3.53. The second kappa shape index (κ2) is 3.75. The van der Waals surface area contributed by atoms with Crippen LogP contribution in [0, 0.1) is 6.92 Å². The molecule has 14 heavy (non-hydrogen) atoms. The van der Waals surface area contributed by atoms with Crippen molar-refractivity contribution >= 4 is 11.6 Å². The number of nitrogens with zero attached hydrogens (tertiary/aromatic N) is 1. The minimum absolute atomic E-state index is 0.205. The number of rotatable bonds is 2. The van der Waals surface area contributed by atoms with E-state index in [1.165, 1.54) is 0 Å². The maximum absolute atomic E-state index is 11.5. The Balaban J connectivity index is 2.75. The van der Waals surface area contributed by atoms with Crippen LogP contribution >= 0.6 is 0 Å². The predicted octanol–water partition coefficient (Wildman–Crippen LogP) is 1.07. The molecule has 0 aliphatic rings. The number of amides is 1. The van der Waals surface area contributed by atoms with E-state index in [0.29, 0.717) is 0 Å². The average molecular weight is 193 g/mol. The first-order valence-corrected chi connectivity index (χ1v) is 4.42. The summed E-state index contributed by atoms with van der Waals surface area (Å²) in [6.07, 6.45) is 1.65. The van der Waals surface area contributed by atoms with Gasteiger partial charge >= 0.3 is 0 Å². The van der Waals surface area contributed by atoms with Gasteiger partial charge < -0.3 is 11.1 Å². The highest BCUT2D eigenvalue weighted by Crippen LogP contribution is 2.09. The molecule has 0 atom stereocenters. The summed E-state index contributed by atoms with van der Waals surface area (Å²) in [5.41, 5.74) is 6.36. The number of anilines is 1. The fraction of sp³-hybridized carbons (Fsp3) is 0.400. The number of nitrogens with one attached hydrogen (secondary N) is 1. The lowest BCUT2D eigenvalue weighted by atomic mass is 10.1. The SMILES string of the molecule is Cc1cc(NC(=O)C(C)(C)N)ccn1. The molecule has 1 rings (SSSR count). The summed E-state index contributed by atoms with van der Waals surface area (Å²) in [5, 5.41) is 2.72. The quantitative estimate of drug-likeness (QED) is 0.738. The standard InChI is InChI=1S/C10H15N3O/c1-7-6-8(4-5-12-7)13-9(14)10(2,3)11/h4-6H,11H2,1-3H3,(H,12,13,14). The molecule has 76 valence electrons. The highest BCUT2D eigenvalue weighted by Gasteiger charge is 2.21. The van der Waals surface area contributed by atoms with Crippen LogP contribution < -0.4 is 11.1 Å². The summed E-state index contributed by atoms with van der Waals surface area (Å²) in [5.74, 6) is -0.205. The van der Waals surface area contributed by atoms with Crippen LogP contribution in [0.3, 0.4) is 0 Å². The first kappa shape index (κ1) is 10.7. The fourth-order valence-electron chi connectivity index (χ4n) is 0.915. The smallest absolute Gasteiger partial charge is 0.243 e. The zero-order valence-corrected chi connectivity index (χ0v) is 8.66. The maximum Gasteiger partial charge on any atom is 0.243 e. The summed E-state index contributed by atoms with van der Waals surface area (Å²) in [6.45, 7) is 5.19. The molecule has 0 bridgehead atoms. The number of carbonyl (C=O) groups is 1. The Morgan fingerprint density at radius 3 is 2.71 bits per heavy atom. The first-order valence-electron chi connectivity index (χ1n) is 4.42. The first-order chi connectivity index (χ1) is 6.39. The normalized spacial score (nSPS) is 11.1. The van der Waals surface area contributed by atoms with E-state index in [0.717, 1.165) is 11.4 Å². The Bertz CT molecular complexity index is 341. The maximum atomic E-state index is 11.5. The van der Waals surface area contributed by atoms with Gasteiger partial charge in [0, 0.05) is 17.6 Å². The summed E-state index contributed by atoms with van der Waals surface area (Å²) in [4.78, 5) is 15.5. The summed E-state index contributed by atoms with van der Waals surface area (Å²) >= 11 is 0.